The van der Waals surface area contributed by atoms with Crippen LogP contribution in [-0.2, 0) is 6.42 Å². The van der Waals surface area contributed by atoms with Gasteiger partial charge in [-0.2, -0.15) is 0 Å². The van der Waals surface area contributed by atoms with Crippen LogP contribution in [0, 0.1) is 6.92 Å². The van der Waals surface area contributed by atoms with Crippen molar-refractivity contribution in [3.8, 4) is 0 Å². The van der Waals surface area contributed by atoms with Crippen molar-refractivity contribution >= 4 is 0 Å². The normalized spacial score (nSPS) is 10.2. The Kier molecular flexibility index (Phi) is 6.46. The lowest BCUT2D eigenvalue weighted by Gasteiger charge is -2.08. The molecule has 0 unspecified atom stereocenters. The summed E-state index contributed by atoms with van der Waals surface area (Å²) in [7, 11) is 0. The Morgan fingerprint density at radius 1 is 1.18 bits per heavy atom. The molecule has 17 heavy (non-hydrogen) atoms. The van der Waals surface area contributed by atoms with E-state index in [-0.39, 0.29) is 0 Å². The van der Waals surface area contributed by atoms with Crippen molar-refractivity contribution in [3.05, 3.63) is 47.7 Å². The van der Waals surface area contributed by atoms with Crippen LogP contribution in [0.25, 0.3) is 0 Å². The molecule has 0 fully saturated rings. The summed E-state index contributed by atoms with van der Waals surface area (Å²) in [6.07, 6.45) is 5.88. The topological polar surface area (TPSA) is 12.0 Å². The number of unbranched alkanes of at least 4 members (excludes halogenated alkanes) is 1. The minimum absolute atomic E-state index is 1.07. The molecule has 94 valence electrons. The lowest BCUT2D eigenvalue weighted by atomic mass is 10.1. The molecule has 0 radical (unpaired) electrons. The molecule has 0 saturated carbocycles. The van der Waals surface area contributed by atoms with Crippen LogP contribution in [0.1, 0.15) is 43.7 Å². The molecule has 1 N–H and O–H groups in total. The molecule has 0 spiro atoms. The predicted molar refractivity (Wildman–Crippen MR) is 76.2 cm³/mol. The van der Waals surface area contributed by atoms with Gasteiger partial charge in [0.2, 0.25) is 0 Å². The molecule has 1 rings (SSSR count). The van der Waals surface area contributed by atoms with Crippen molar-refractivity contribution in [2.75, 3.05) is 6.54 Å². The number of rotatable bonds is 8. The second-order valence-electron chi connectivity index (χ2n) is 4.72. The Hall–Kier alpha value is -1.24. The Morgan fingerprint density at radius 3 is 2.53 bits per heavy atom. The third kappa shape index (κ3) is 6.15. The lowest BCUT2D eigenvalue weighted by Crippen LogP contribution is -2.13. The van der Waals surface area contributed by atoms with Gasteiger partial charge in [-0.15, -0.1) is 0 Å². The molecule has 1 aromatic carbocycles. The zero-order chi connectivity index (χ0) is 12.5. The van der Waals surface area contributed by atoms with Gasteiger partial charge in [0.25, 0.3) is 0 Å². The molecule has 1 aromatic rings. The quantitative estimate of drug-likeness (QED) is 0.660. The molecule has 0 aliphatic heterocycles. The third-order valence-corrected chi connectivity index (χ3v) is 2.97. The first kappa shape index (κ1) is 13.8. The van der Waals surface area contributed by atoms with Crippen molar-refractivity contribution in [1.29, 1.82) is 0 Å². The van der Waals surface area contributed by atoms with Gasteiger partial charge in [-0.05, 0) is 38.2 Å². The molecule has 1 heteroatoms. The van der Waals surface area contributed by atoms with E-state index in [2.05, 4.69) is 50.0 Å². The summed E-state index contributed by atoms with van der Waals surface area (Å²) < 4.78 is 0. The number of hydrogen-bond acceptors (Lipinski definition) is 1. The maximum absolute atomic E-state index is 4.06. The van der Waals surface area contributed by atoms with Crippen LogP contribution in [0.2, 0.25) is 0 Å². The highest BCUT2D eigenvalue weighted by Crippen LogP contribution is 2.09. The van der Waals surface area contributed by atoms with Crippen LogP contribution >= 0.6 is 0 Å². The molecule has 0 amide bonds. The summed E-state index contributed by atoms with van der Waals surface area (Å²) in [5.41, 5.74) is 3.95. The van der Waals surface area contributed by atoms with Gasteiger partial charge >= 0.3 is 0 Å². The molecule has 0 aromatic heterocycles. The van der Waals surface area contributed by atoms with Crippen LogP contribution < -0.4 is 5.32 Å². The van der Waals surface area contributed by atoms with E-state index in [0.29, 0.717) is 0 Å². The number of benzene rings is 1. The van der Waals surface area contributed by atoms with Crippen molar-refractivity contribution in [2.45, 2.75) is 46.0 Å². The predicted octanol–water partition coefficient (Wildman–Crippen LogP) is 4.22. The fraction of sp³-hybridized carbons (Fsp3) is 0.500. The third-order valence-electron chi connectivity index (χ3n) is 2.97. The van der Waals surface area contributed by atoms with Gasteiger partial charge < -0.3 is 5.32 Å². The molecule has 0 bridgehead atoms. The van der Waals surface area contributed by atoms with E-state index in [1.807, 2.05) is 0 Å². The van der Waals surface area contributed by atoms with Crippen molar-refractivity contribution < 1.29 is 0 Å². The largest absolute Gasteiger partial charge is 0.389 e. The van der Waals surface area contributed by atoms with Gasteiger partial charge in [0.05, 0.1) is 0 Å². The highest BCUT2D eigenvalue weighted by molar-refractivity contribution is 5.21. The molecule has 1 nitrogen and oxygen atoms in total. The van der Waals surface area contributed by atoms with Crippen LogP contribution in [0.15, 0.2) is 36.5 Å². The molecular weight excluding hydrogens is 206 g/mol. The van der Waals surface area contributed by atoms with Crippen LogP contribution in [0.5, 0.6) is 0 Å². The molecule has 0 atom stereocenters. The second kappa shape index (κ2) is 7.94. The Bertz CT molecular complexity index is 324. The van der Waals surface area contributed by atoms with Crippen molar-refractivity contribution in [3.63, 3.8) is 0 Å². The minimum atomic E-state index is 1.07. The number of allylic oxidation sites excluding steroid dienone is 1. The van der Waals surface area contributed by atoms with Crippen LogP contribution in [0.4, 0.5) is 0 Å². The molecule has 0 aliphatic rings. The zero-order valence-corrected chi connectivity index (χ0v) is 11.3. The van der Waals surface area contributed by atoms with E-state index in [9.17, 15) is 0 Å². The zero-order valence-electron chi connectivity index (χ0n) is 11.3. The van der Waals surface area contributed by atoms with Gasteiger partial charge in [0.15, 0.2) is 0 Å². The molecule has 0 saturated heterocycles. The van der Waals surface area contributed by atoms with E-state index in [1.54, 1.807) is 0 Å². The molecule has 0 heterocycles. The summed E-state index contributed by atoms with van der Waals surface area (Å²) in [6.45, 7) is 9.47. The molecule has 0 aliphatic carbocycles. The summed E-state index contributed by atoms with van der Waals surface area (Å²) in [5.74, 6) is 0. The van der Waals surface area contributed by atoms with Crippen LogP contribution in [0.3, 0.4) is 0 Å². The SMILES string of the molecule is C=C(CCCc1ccc(C)cc1)NCCCC. The smallest absolute Gasteiger partial charge is 0.0143 e. The van der Waals surface area contributed by atoms with Crippen molar-refractivity contribution in [2.24, 2.45) is 0 Å². The summed E-state index contributed by atoms with van der Waals surface area (Å²) >= 11 is 0. The first-order valence-electron chi connectivity index (χ1n) is 6.69. The Balaban J connectivity index is 2.14. The monoisotopic (exact) mass is 231 g/mol. The standard InChI is InChI=1S/C16H25N/c1-4-5-13-17-15(3)7-6-8-16-11-9-14(2)10-12-16/h9-12,17H,3-8,13H2,1-2H3. The maximum atomic E-state index is 4.06. The fourth-order valence-corrected chi connectivity index (χ4v) is 1.79. The lowest BCUT2D eigenvalue weighted by molar-refractivity contribution is 0.670. The fourth-order valence-electron chi connectivity index (χ4n) is 1.79. The van der Waals surface area contributed by atoms with E-state index in [4.69, 9.17) is 0 Å². The highest BCUT2D eigenvalue weighted by Gasteiger charge is 1.96. The first-order valence-corrected chi connectivity index (χ1v) is 6.69. The van der Waals surface area contributed by atoms with E-state index in [1.165, 1.54) is 36.1 Å². The highest BCUT2D eigenvalue weighted by atomic mass is 14.9. The maximum Gasteiger partial charge on any atom is 0.0143 e. The number of nitrogens with one attached hydrogen (secondary N) is 1. The number of aryl methyl sites for hydroxylation is 2. The van der Waals surface area contributed by atoms with Crippen LogP contribution in [-0.4, -0.2) is 6.54 Å². The summed E-state index contributed by atoms with van der Waals surface area (Å²) in [4.78, 5) is 0. The summed E-state index contributed by atoms with van der Waals surface area (Å²) in [6, 6.07) is 8.82. The van der Waals surface area contributed by atoms with E-state index < -0.39 is 0 Å². The average molecular weight is 231 g/mol. The first-order chi connectivity index (χ1) is 8.22. The van der Waals surface area contributed by atoms with Gasteiger partial charge in [0.1, 0.15) is 0 Å². The minimum Gasteiger partial charge on any atom is -0.389 e. The molecular formula is C16H25N. The van der Waals surface area contributed by atoms with Gasteiger partial charge in [0, 0.05) is 12.2 Å². The van der Waals surface area contributed by atoms with Gasteiger partial charge in [-0.25, -0.2) is 0 Å². The summed E-state index contributed by atoms with van der Waals surface area (Å²) in [5, 5.41) is 3.38. The Labute approximate surface area is 106 Å². The van der Waals surface area contributed by atoms with E-state index >= 15 is 0 Å². The second-order valence-corrected chi connectivity index (χ2v) is 4.72. The number of hydrogen-bond donors (Lipinski definition) is 1. The van der Waals surface area contributed by atoms with Gasteiger partial charge in [-0.3, -0.25) is 0 Å². The van der Waals surface area contributed by atoms with E-state index in [0.717, 1.165) is 19.4 Å². The van der Waals surface area contributed by atoms with Gasteiger partial charge in [-0.1, -0.05) is 49.8 Å². The average Bonchev–Trinajstić information content (AvgIpc) is 2.32. The van der Waals surface area contributed by atoms with Crippen molar-refractivity contribution in [1.82, 2.24) is 5.32 Å². The Morgan fingerprint density at radius 2 is 1.88 bits per heavy atom.